The number of nitrogens with zero attached hydrogens (tertiary/aromatic N) is 1. The summed E-state index contributed by atoms with van der Waals surface area (Å²) in [6.45, 7) is 10.3. The second-order valence-electron chi connectivity index (χ2n) is 6.37. The van der Waals surface area contributed by atoms with E-state index in [2.05, 4.69) is 6.92 Å². The van der Waals surface area contributed by atoms with E-state index >= 15 is 0 Å². The third-order valence-corrected chi connectivity index (χ3v) is 3.81. The highest BCUT2D eigenvalue weighted by atomic mass is 16.6. The van der Waals surface area contributed by atoms with Crippen LogP contribution in [0.25, 0.3) is 0 Å². The molecule has 22 heavy (non-hydrogen) atoms. The molecule has 3 nitrogen and oxygen atoms in total. The highest BCUT2D eigenvalue weighted by molar-refractivity contribution is 5.68. The van der Waals surface area contributed by atoms with E-state index in [1.165, 1.54) is 12.8 Å². The van der Waals surface area contributed by atoms with Gasteiger partial charge in [-0.2, -0.15) is 0 Å². The number of benzene rings is 1. The molecule has 0 aliphatic carbocycles. The fourth-order valence-electron chi connectivity index (χ4n) is 2.74. The average molecular weight is 305 g/mol. The standard InChI is InChI=1S/C19H31NO2/c1-6-7-9-14-18(17-12-10-8-11-13-17)22-19(21)20(15(2)3)16(4)5/h8,10-13,15-16,18H,6-7,9,14H2,1-5H3/t18-/m1/s1. The van der Waals surface area contributed by atoms with Crippen LogP contribution >= 0.6 is 0 Å². The number of unbranched alkanes of at least 4 members (excludes halogenated alkanes) is 2. The third kappa shape index (κ3) is 5.70. The molecule has 0 aliphatic rings. The van der Waals surface area contributed by atoms with E-state index in [4.69, 9.17) is 4.74 Å². The zero-order chi connectivity index (χ0) is 16.5. The SMILES string of the molecule is CCCCC[C@@H](OC(=O)N(C(C)C)C(C)C)c1ccccc1. The molecule has 0 aliphatic heterocycles. The van der Waals surface area contributed by atoms with Gasteiger partial charge < -0.3 is 9.64 Å². The lowest BCUT2D eigenvalue weighted by Gasteiger charge is -2.31. The summed E-state index contributed by atoms with van der Waals surface area (Å²) < 4.78 is 5.85. The molecule has 0 bridgehead atoms. The maximum Gasteiger partial charge on any atom is 0.410 e. The molecule has 0 spiro atoms. The topological polar surface area (TPSA) is 29.5 Å². The summed E-state index contributed by atoms with van der Waals surface area (Å²) in [6.07, 6.45) is 3.93. The van der Waals surface area contributed by atoms with Crippen LogP contribution in [0.2, 0.25) is 0 Å². The summed E-state index contributed by atoms with van der Waals surface area (Å²) >= 11 is 0. The number of ether oxygens (including phenoxy) is 1. The Labute approximate surface area is 135 Å². The van der Waals surface area contributed by atoms with Crippen molar-refractivity contribution in [3.8, 4) is 0 Å². The molecule has 0 heterocycles. The van der Waals surface area contributed by atoms with Crippen LogP contribution in [0, 0.1) is 0 Å². The first kappa shape index (κ1) is 18.5. The molecule has 124 valence electrons. The largest absolute Gasteiger partial charge is 0.441 e. The van der Waals surface area contributed by atoms with Crippen molar-refractivity contribution in [2.24, 2.45) is 0 Å². The number of hydrogen-bond acceptors (Lipinski definition) is 2. The van der Waals surface area contributed by atoms with Gasteiger partial charge >= 0.3 is 6.09 Å². The van der Waals surface area contributed by atoms with E-state index in [1.54, 1.807) is 4.90 Å². The van der Waals surface area contributed by atoms with Crippen molar-refractivity contribution in [3.05, 3.63) is 35.9 Å². The Hall–Kier alpha value is -1.51. The summed E-state index contributed by atoms with van der Waals surface area (Å²) in [7, 11) is 0. The van der Waals surface area contributed by atoms with Crippen molar-refractivity contribution in [2.75, 3.05) is 0 Å². The summed E-state index contributed by atoms with van der Waals surface area (Å²) in [6, 6.07) is 10.3. The fourth-order valence-corrected chi connectivity index (χ4v) is 2.74. The van der Waals surface area contributed by atoms with Crippen LogP contribution in [0.3, 0.4) is 0 Å². The Bertz CT molecular complexity index is 420. The summed E-state index contributed by atoms with van der Waals surface area (Å²) in [4.78, 5) is 14.3. The Morgan fingerprint density at radius 2 is 1.64 bits per heavy atom. The molecule has 1 aromatic carbocycles. The molecule has 1 atom stereocenters. The van der Waals surface area contributed by atoms with Crippen LogP contribution < -0.4 is 0 Å². The van der Waals surface area contributed by atoms with Gasteiger partial charge in [0, 0.05) is 12.1 Å². The highest BCUT2D eigenvalue weighted by Gasteiger charge is 2.25. The molecule has 0 saturated carbocycles. The predicted octanol–water partition coefficient (Wildman–Crippen LogP) is 5.56. The number of rotatable bonds is 8. The van der Waals surface area contributed by atoms with Crippen molar-refractivity contribution < 1.29 is 9.53 Å². The molecular formula is C19H31NO2. The number of carbonyl (C=O) groups excluding carboxylic acids is 1. The Morgan fingerprint density at radius 1 is 1.05 bits per heavy atom. The van der Waals surface area contributed by atoms with Crippen LogP contribution in [-0.2, 0) is 4.74 Å². The molecule has 1 rings (SSSR count). The minimum Gasteiger partial charge on any atom is -0.441 e. The lowest BCUT2D eigenvalue weighted by atomic mass is 10.0. The monoisotopic (exact) mass is 305 g/mol. The van der Waals surface area contributed by atoms with Gasteiger partial charge in [-0.15, -0.1) is 0 Å². The van der Waals surface area contributed by atoms with Gasteiger partial charge in [0.1, 0.15) is 6.10 Å². The van der Waals surface area contributed by atoms with E-state index in [9.17, 15) is 4.79 Å². The Balaban J connectivity index is 2.81. The second-order valence-corrected chi connectivity index (χ2v) is 6.37. The van der Waals surface area contributed by atoms with Crippen molar-refractivity contribution in [2.45, 2.75) is 78.5 Å². The van der Waals surface area contributed by atoms with Crippen molar-refractivity contribution in [1.29, 1.82) is 0 Å². The zero-order valence-electron chi connectivity index (χ0n) is 14.7. The Morgan fingerprint density at radius 3 is 2.14 bits per heavy atom. The number of carbonyl (C=O) groups is 1. The van der Waals surface area contributed by atoms with Gasteiger partial charge in [0.15, 0.2) is 0 Å². The normalized spacial score (nSPS) is 12.5. The molecule has 1 amide bonds. The van der Waals surface area contributed by atoms with E-state index in [0.717, 1.165) is 18.4 Å². The highest BCUT2D eigenvalue weighted by Crippen LogP contribution is 2.25. The first-order chi connectivity index (χ1) is 10.5. The minimum absolute atomic E-state index is 0.138. The van der Waals surface area contributed by atoms with Gasteiger partial charge in [0.05, 0.1) is 0 Å². The Kier molecular flexibility index (Phi) is 8.00. The molecule has 3 heteroatoms. The molecule has 0 aromatic heterocycles. The van der Waals surface area contributed by atoms with Gasteiger partial charge in [0.2, 0.25) is 0 Å². The first-order valence-electron chi connectivity index (χ1n) is 8.51. The molecule has 0 unspecified atom stereocenters. The van der Waals surface area contributed by atoms with Gasteiger partial charge in [-0.1, -0.05) is 50.1 Å². The molecular weight excluding hydrogens is 274 g/mol. The molecule has 0 saturated heterocycles. The lowest BCUT2D eigenvalue weighted by Crippen LogP contribution is -2.42. The maximum absolute atomic E-state index is 12.5. The fraction of sp³-hybridized carbons (Fsp3) is 0.632. The van der Waals surface area contributed by atoms with Crippen LogP contribution in [0.15, 0.2) is 30.3 Å². The van der Waals surface area contributed by atoms with Crippen LogP contribution in [-0.4, -0.2) is 23.1 Å². The number of amides is 1. The number of hydrogen-bond donors (Lipinski definition) is 0. The summed E-state index contributed by atoms with van der Waals surface area (Å²) in [5.41, 5.74) is 1.08. The maximum atomic E-state index is 12.5. The van der Waals surface area contributed by atoms with Gasteiger partial charge in [0.25, 0.3) is 0 Å². The van der Waals surface area contributed by atoms with E-state index in [0.29, 0.717) is 0 Å². The molecule has 0 fully saturated rings. The van der Waals surface area contributed by atoms with Crippen molar-refractivity contribution in [1.82, 2.24) is 4.90 Å². The van der Waals surface area contributed by atoms with E-state index in [1.807, 2.05) is 58.0 Å². The lowest BCUT2D eigenvalue weighted by molar-refractivity contribution is 0.0405. The van der Waals surface area contributed by atoms with Gasteiger partial charge in [-0.25, -0.2) is 4.79 Å². The zero-order valence-corrected chi connectivity index (χ0v) is 14.7. The average Bonchev–Trinajstić information content (AvgIpc) is 2.46. The summed E-state index contributed by atoms with van der Waals surface area (Å²) in [5.74, 6) is 0. The first-order valence-corrected chi connectivity index (χ1v) is 8.51. The third-order valence-electron chi connectivity index (χ3n) is 3.81. The smallest absolute Gasteiger partial charge is 0.410 e. The van der Waals surface area contributed by atoms with E-state index < -0.39 is 0 Å². The van der Waals surface area contributed by atoms with Crippen molar-refractivity contribution >= 4 is 6.09 Å². The molecule has 1 aromatic rings. The van der Waals surface area contributed by atoms with E-state index in [-0.39, 0.29) is 24.3 Å². The quantitative estimate of drug-likeness (QED) is 0.588. The predicted molar refractivity (Wildman–Crippen MR) is 91.9 cm³/mol. The molecule has 0 radical (unpaired) electrons. The van der Waals surface area contributed by atoms with Gasteiger partial charge in [-0.3, -0.25) is 0 Å². The van der Waals surface area contributed by atoms with Crippen LogP contribution in [0.5, 0.6) is 0 Å². The van der Waals surface area contributed by atoms with Gasteiger partial charge in [-0.05, 0) is 46.1 Å². The van der Waals surface area contributed by atoms with Crippen LogP contribution in [0.1, 0.15) is 72.0 Å². The summed E-state index contributed by atoms with van der Waals surface area (Å²) in [5, 5.41) is 0. The minimum atomic E-state index is -0.213. The van der Waals surface area contributed by atoms with Crippen molar-refractivity contribution in [3.63, 3.8) is 0 Å². The molecule has 0 N–H and O–H groups in total. The second kappa shape index (κ2) is 9.50. The van der Waals surface area contributed by atoms with Crippen LogP contribution in [0.4, 0.5) is 4.79 Å².